The number of methoxy groups -OCH3 is 1. The van der Waals surface area contributed by atoms with E-state index in [1.165, 1.54) is 12.8 Å². The Morgan fingerprint density at radius 2 is 2.07 bits per heavy atom. The molecule has 1 atom stereocenters. The Kier molecular flexibility index (Phi) is 10.5. The monoisotopic (exact) mass is 488 g/mol. The van der Waals surface area contributed by atoms with Gasteiger partial charge in [0.05, 0.1) is 7.11 Å². The fourth-order valence-electron chi connectivity index (χ4n) is 3.43. The van der Waals surface area contributed by atoms with Crippen molar-refractivity contribution in [3.05, 3.63) is 29.8 Å². The summed E-state index contributed by atoms with van der Waals surface area (Å²) in [5, 5.41) is 6.28. The van der Waals surface area contributed by atoms with Crippen LogP contribution >= 0.6 is 24.0 Å². The summed E-state index contributed by atoms with van der Waals surface area (Å²) in [4.78, 5) is 18.9. The van der Waals surface area contributed by atoms with E-state index in [9.17, 15) is 4.79 Å². The molecule has 0 spiro atoms. The number of ether oxygens (including phenoxy) is 1. The van der Waals surface area contributed by atoms with Crippen LogP contribution < -0.4 is 15.4 Å². The molecule has 1 aromatic carbocycles. The van der Waals surface area contributed by atoms with Crippen molar-refractivity contribution in [2.75, 3.05) is 40.3 Å². The van der Waals surface area contributed by atoms with Gasteiger partial charge in [0.15, 0.2) is 5.96 Å². The van der Waals surface area contributed by atoms with Gasteiger partial charge in [-0.3, -0.25) is 9.79 Å². The largest absolute Gasteiger partial charge is 0.497 e. The molecule has 2 rings (SSSR count). The molecule has 2 N–H and O–H groups in total. The van der Waals surface area contributed by atoms with Gasteiger partial charge in [0.1, 0.15) is 5.75 Å². The molecule has 152 valence electrons. The van der Waals surface area contributed by atoms with Crippen LogP contribution in [0, 0.1) is 11.8 Å². The van der Waals surface area contributed by atoms with Crippen LogP contribution in [-0.2, 0) is 0 Å². The minimum atomic E-state index is -0.0983. The number of rotatable bonds is 7. The average Bonchev–Trinajstić information content (AvgIpc) is 3.09. The molecule has 6 nitrogen and oxygen atoms in total. The second-order valence-corrected chi connectivity index (χ2v) is 7.19. The predicted octanol–water partition coefficient (Wildman–Crippen LogP) is 2.99. The third kappa shape index (κ3) is 7.56. The Hall–Kier alpha value is -1.51. The second-order valence-electron chi connectivity index (χ2n) is 7.19. The number of likely N-dealkylation sites (tertiary alicyclic amines) is 1. The van der Waals surface area contributed by atoms with E-state index in [0.717, 1.165) is 30.9 Å². The summed E-state index contributed by atoms with van der Waals surface area (Å²) in [7, 11) is 3.41. The number of halogens is 1. The summed E-state index contributed by atoms with van der Waals surface area (Å²) in [5.74, 6) is 3.00. The van der Waals surface area contributed by atoms with Crippen molar-refractivity contribution < 1.29 is 9.53 Å². The fraction of sp³-hybridized carbons (Fsp3) is 0.600. The summed E-state index contributed by atoms with van der Waals surface area (Å²) in [5.41, 5.74) is 0.602. The third-order valence-electron chi connectivity index (χ3n) is 4.63. The molecule has 1 saturated heterocycles. The van der Waals surface area contributed by atoms with Gasteiger partial charge < -0.3 is 20.3 Å². The van der Waals surface area contributed by atoms with Gasteiger partial charge >= 0.3 is 0 Å². The van der Waals surface area contributed by atoms with Crippen LogP contribution in [0.15, 0.2) is 29.3 Å². The molecule has 0 aliphatic carbocycles. The number of benzene rings is 1. The van der Waals surface area contributed by atoms with Gasteiger partial charge in [-0.25, -0.2) is 0 Å². The first-order chi connectivity index (χ1) is 12.5. The van der Waals surface area contributed by atoms with Gasteiger partial charge in [-0.05, 0) is 42.9 Å². The topological polar surface area (TPSA) is 66.0 Å². The molecule has 0 saturated carbocycles. The molecule has 1 unspecified atom stereocenters. The number of aliphatic imine (C=N–C) groups is 1. The van der Waals surface area contributed by atoms with Crippen LogP contribution in [0.3, 0.4) is 0 Å². The van der Waals surface area contributed by atoms with E-state index in [1.807, 2.05) is 19.2 Å². The van der Waals surface area contributed by atoms with Crippen LogP contribution in [0.2, 0.25) is 0 Å². The quantitative estimate of drug-likeness (QED) is 0.268. The van der Waals surface area contributed by atoms with Crippen molar-refractivity contribution >= 4 is 35.8 Å². The van der Waals surface area contributed by atoms with E-state index in [1.54, 1.807) is 19.2 Å². The zero-order valence-corrected chi connectivity index (χ0v) is 19.2. The van der Waals surface area contributed by atoms with E-state index in [-0.39, 0.29) is 29.9 Å². The predicted molar refractivity (Wildman–Crippen MR) is 121 cm³/mol. The van der Waals surface area contributed by atoms with Gasteiger partial charge in [-0.15, -0.1) is 24.0 Å². The molecule has 1 fully saturated rings. The van der Waals surface area contributed by atoms with E-state index in [0.29, 0.717) is 24.4 Å². The van der Waals surface area contributed by atoms with Crippen LogP contribution in [0.4, 0.5) is 0 Å². The van der Waals surface area contributed by atoms with E-state index >= 15 is 0 Å². The molecule has 1 aromatic rings. The highest BCUT2D eigenvalue weighted by molar-refractivity contribution is 14.0. The van der Waals surface area contributed by atoms with Crippen molar-refractivity contribution in [1.82, 2.24) is 15.5 Å². The van der Waals surface area contributed by atoms with Crippen LogP contribution in [0.25, 0.3) is 0 Å². The highest BCUT2D eigenvalue weighted by Crippen LogP contribution is 2.23. The normalized spacial score (nSPS) is 16.9. The number of hydrogen-bond donors (Lipinski definition) is 2. The maximum Gasteiger partial charge on any atom is 0.251 e. The summed E-state index contributed by atoms with van der Waals surface area (Å²) >= 11 is 0. The Morgan fingerprint density at radius 3 is 2.74 bits per heavy atom. The van der Waals surface area contributed by atoms with E-state index in [4.69, 9.17) is 4.74 Å². The highest BCUT2D eigenvalue weighted by atomic mass is 127. The molecule has 0 radical (unpaired) electrons. The van der Waals surface area contributed by atoms with Crippen molar-refractivity contribution in [2.24, 2.45) is 16.8 Å². The minimum absolute atomic E-state index is 0. The number of carbonyl (C=O) groups is 1. The van der Waals surface area contributed by atoms with Crippen LogP contribution in [0.5, 0.6) is 5.75 Å². The molecular formula is C20H33IN4O2. The SMILES string of the molecule is CN=C(NCCNC(=O)c1cccc(OC)c1)N1CCC(CC(C)C)C1.I. The van der Waals surface area contributed by atoms with Gasteiger partial charge in [-0.1, -0.05) is 19.9 Å². The lowest BCUT2D eigenvalue weighted by Crippen LogP contribution is -2.43. The third-order valence-corrected chi connectivity index (χ3v) is 4.63. The molecule has 1 amide bonds. The number of hydrogen-bond acceptors (Lipinski definition) is 3. The van der Waals surface area contributed by atoms with Crippen molar-refractivity contribution in [2.45, 2.75) is 26.7 Å². The molecule has 1 heterocycles. The lowest BCUT2D eigenvalue weighted by atomic mass is 9.97. The maximum absolute atomic E-state index is 12.2. The molecule has 0 bridgehead atoms. The molecule has 7 heteroatoms. The Bertz CT molecular complexity index is 622. The van der Waals surface area contributed by atoms with Gasteiger partial charge in [0.25, 0.3) is 5.91 Å². The standard InChI is InChI=1S/C20H32N4O2.HI/c1-15(2)12-16-8-11-24(14-16)20(21-3)23-10-9-22-19(25)17-6-5-7-18(13-17)26-4;/h5-7,13,15-16H,8-12,14H2,1-4H3,(H,21,23)(H,22,25);1H. The van der Waals surface area contributed by atoms with E-state index < -0.39 is 0 Å². The Morgan fingerprint density at radius 1 is 1.33 bits per heavy atom. The number of guanidine groups is 1. The van der Waals surface area contributed by atoms with Crippen LogP contribution in [0.1, 0.15) is 37.0 Å². The first kappa shape index (κ1) is 23.5. The lowest BCUT2D eigenvalue weighted by molar-refractivity contribution is 0.0954. The zero-order valence-electron chi connectivity index (χ0n) is 16.8. The van der Waals surface area contributed by atoms with Crippen molar-refractivity contribution in [3.8, 4) is 5.75 Å². The summed E-state index contributed by atoms with van der Waals surface area (Å²) < 4.78 is 5.15. The van der Waals surface area contributed by atoms with Crippen molar-refractivity contribution in [3.63, 3.8) is 0 Å². The van der Waals surface area contributed by atoms with Gasteiger partial charge in [0, 0.05) is 38.8 Å². The van der Waals surface area contributed by atoms with Crippen LogP contribution in [-0.4, -0.2) is 57.1 Å². The first-order valence-corrected chi connectivity index (χ1v) is 9.41. The molecule has 1 aliphatic heterocycles. The lowest BCUT2D eigenvalue weighted by Gasteiger charge is -2.22. The summed E-state index contributed by atoms with van der Waals surface area (Å²) in [6, 6.07) is 7.16. The number of carbonyl (C=O) groups excluding carboxylic acids is 1. The fourth-order valence-corrected chi connectivity index (χ4v) is 3.43. The number of nitrogens with zero attached hydrogens (tertiary/aromatic N) is 2. The zero-order chi connectivity index (χ0) is 18.9. The smallest absolute Gasteiger partial charge is 0.251 e. The molecule has 0 aromatic heterocycles. The van der Waals surface area contributed by atoms with Gasteiger partial charge in [0.2, 0.25) is 0 Å². The Balaban J connectivity index is 0.00000364. The maximum atomic E-state index is 12.2. The number of nitrogens with one attached hydrogen (secondary N) is 2. The van der Waals surface area contributed by atoms with Gasteiger partial charge in [-0.2, -0.15) is 0 Å². The molecular weight excluding hydrogens is 455 g/mol. The summed E-state index contributed by atoms with van der Waals surface area (Å²) in [6.45, 7) is 7.86. The molecule has 27 heavy (non-hydrogen) atoms. The molecule has 1 aliphatic rings. The summed E-state index contributed by atoms with van der Waals surface area (Å²) in [6.07, 6.45) is 2.50. The number of amides is 1. The van der Waals surface area contributed by atoms with E-state index in [2.05, 4.69) is 34.4 Å². The highest BCUT2D eigenvalue weighted by Gasteiger charge is 2.25. The first-order valence-electron chi connectivity index (χ1n) is 9.41. The minimum Gasteiger partial charge on any atom is -0.497 e. The Labute approximate surface area is 180 Å². The average molecular weight is 488 g/mol. The second kappa shape index (κ2) is 12.0. The van der Waals surface area contributed by atoms with Crippen molar-refractivity contribution in [1.29, 1.82) is 0 Å².